The van der Waals surface area contributed by atoms with Gasteiger partial charge in [0.15, 0.2) is 0 Å². The highest BCUT2D eigenvalue weighted by Gasteiger charge is 2.07. The first-order valence-electron chi connectivity index (χ1n) is 5.06. The second kappa shape index (κ2) is 4.71. The number of benzene rings is 1. The summed E-state index contributed by atoms with van der Waals surface area (Å²) in [4.78, 5) is 11.4. The molecule has 1 aromatic carbocycles. The Hall–Kier alpha value is -2.28. The maximum absolute atomic E-state index is 11.4. The SMILES string of the molecule is C[C@@H](N)C(=O)Nc1ccc(-n2cnnn2)cc1. The second-order valence-electron chi connectivity index (χ2n) is 3.58. The number of rotatable bonds is 3. The lowest BCUT2D eigenvalue weighted by Crippen LogP contribution is -2.32. The molecule has 7 nitrogen and oxygen atoms in total. The first kappa shape index (κ1) is 11.2. The minimum atomic E-state index is -0.533. The van der Waals surface area contributed by atoms with E-state index in [2.05, 4.69) is 20.8 Å². The number of nitrogens with zero attached hydrogens (tertiary/aromatic N) is 4. The zero-order chi connectivity index (χ0) is 12.3. The van der Waals surface area contributed by atoms with Gasteiger partial charge in [0, 0.05) is 5.69 Å². The number of carbonyl (C=O) groups is 1. The molecule has 17 heavy (non-hydrogen) atoms. The third-order valence-electron chi connectivity index (χ3n) is 2.16. The van der Waals surface area contributed by atoms with Gasteiger partial charge in [-0.05, 0) is 41.6 Å². The third-order valence-corrected chi connectivity index (χ3v) is 2.16. The molecule has 0 aliphatic rings. The Morgan fingerprint density at radius 2 is 2.12 bits per heavy atom. The van der Waals surface area contributed by atoms with Gasteiger partial charge in [0.1, 0.15) is 6.33 Å². The molecule has 1 aromatic heterocycles. The van der Waals surface area contributed by atoms with Gasteiger partial charge in [-0.2, -0.15) is 0 Å². The Labute approximate surface area is 97.6 Å². The fraction of sp³-hybridized carbons (Fsp3) is 0.200. The average Bonchev–Trinajstić information content (AvgIpc) is 2.83. The molecule has 1 amide bonds. The van der Waals surface area contributed by atoms with E-state index in [9.17, 15) is 4.79 Å². The normalized spacial score (nSPS) is 12.1. The second-order valence-corrected chi connectivity index (χ2v) is 3.58. The number of hydrogen-bond donors (Lipinski definition) is 2. The standard InChI is InChI=1S/C10H12N6O/c1-7(11)10(17)13-8-2-4-9(5-3-8)16-6-12-14-15-16/h2-7H,11H2,1H3,(H,13,17)/t7-/m1/s1. The number of nitrogens with two attached hydrogens (primary N) is 1. The summed E-state index contributed by atoms with van der Waals surface area (Å²) in [5.41, 5.74) is 6.95. The molecule has 3 N–H and O–H groups in total. The van der Waals surface area contributed by atoms with Gasteiger partial charge in [0.25, 0.3) is 0 Å². The Balaban J connectivity index is 2.11. The van der Waals surface area contributed by atoms with E-state index in [0.717, 1.165) is 5.69 Å². The van der Waals surface area contributed by atoms with Crippen molar-refractivity contribution in [3.8, 4) is 5.69 Å². The maximum atomic E-state index is 11.4. The van der Waals surface area contributed by atoms with Crippen molar-refractivity contribution >= 4 is 11.6 Å². The summed E-state index contributed by atoms with van der Waals surface area (Å²) in [6.07, 6.45) is 1.50. The molecule has 0 spiro atoms. The molecule has 1 atom stereocenters. The molecule has 0 unspecified atom stereocenters. The van der Waals surface area contributed by atoms with Gasteiger partial charge in [-0.1, -0.05) is 0 Å². The van der Waals surface area contributed by atoms with Crippen molar-refractivity contribution in [2.24, 2.45) is 5.73 Å². The van der Waals surface area contributed by atoms with E-state index in [0.29, 0.717) is 5.69 Å². The molecule has 0 aliphatic heterocycles. The van der Waals surface area contributed by atoms with Crippen molar-refractivity contribution in [1.82, 2.24) is 20.2 Å². The smallest absolute Gasteiger partial charge is 0.240 e. The number of nitrogens with one attached hydrogen (secondary N) is 1. The van der Waals surface area contributed by atoms with Gasteiger partial charge >= 0.3 is 0 Å². The van der Waals surface area contributed by atoms with Crippen LogP contribution in [0.25, 0.3) is 5.69 Å². The molecule has 0 bridgehead atoms. The molecule has 1 heterocycles. The van der Waals surface area contributed by atoms with E-state index >= 15 is 0 Å². The fourth-order valence-electron chi connectivity index (χ4n) is 1.23. The zero-order valence-corrected chi connectivity index (χ0v) is 9.24. The van der Waals surface area contributed by atoms with Crippen LogP contribution < -0.4 is 11.1 Å². The summed E-state index contributed by atoms with van der Waals surface area (Å²) in [6, 6.07) is 6.59. The fourth-order valence-corrected chi connectivity index (χ4v) is 1.23. The lowest BCUT2D eigenvalue weighted by molar-refractivity contribution is -0.117. The molecule has 0 fully saturated rings. The topological polar surface area (TPSA) is 98.7 Å². The minimum Gasteiger partial charge on any atom is -0.325 e. The number of aromatic nitrogens is 4. The summed E-state index contributed by atoms with van der Waals surface area (Å²) in [5, 5.41) is 13.5. The monoisotopic (exact) mass is 232 g/mol. The van der Waals surface area contributed by atoms with Gasteiger partial charge in [-0.25, -0.2) is 4.68 Å². The first-order valence-corrected chi connectivity index (χ1v) is 5.06. The Kier molecular flexibility index (Phi) is 3.10. The third kappa shape index (κ3) is 2.64. The van der Waals surface area contributed by atoms with Crippen LogP contribution in [0.5, 0.6) is 0 Å². The minimum absolute atomic E-state index is 0.222. The van der Waals surface area contributed by atoms with Crippen LogP contribution in [0.2, 0.25) is 0 Å². The molecule has 0 saturated heterocycles. The average molecular weight is 232 g/mol. The predicted octanol–water partition coefficient (Wildman–Crippen LogP) is -0.0520. The number of amides is 1. The van der Waals surface area contributed by atoms with Gasteiger partial charge < -0.3 is 11.1 Å². The van der Waals surface area contributed by atoms with Crippen molar-refractivity contribution in [1.29, 1.82) is 0 Å². The van der Waals surface area contributed by atoms with Gasteiger partial charge in [-0.15, -0.1) is 5.10 Å². The summed E-state index contributed by atoms with van der Waals surface area (Å²) >= 11 is 0. The van der Waals surface area contributed by atoms with Crippen molar-refractivity contribution < 1.29 is 4.79 Å². The molecule has 0 radical (unpaired) electrons. The first-order chi connectivity index (χ1) is 8.16. The van der Waals surface area contributed by atoms with Crippen LogP contribution in [-0.4, -0.2) is 32.2 Å². The summed E-state index contributed by atoms with van der Waals surface area (Å²) < 4.78 is 1.52. The molecule has 2 aromatic rings. The van der Waals surface area contributed by atoms with Crippen LogP contribution in [0.3, 0.4) is 0 Å². The van der Waals surface area contributed by atoms with Crippen molar-refractivity contribution in [3.63, 3.8) is 0 Å². The molecule has 88 valence electrons. The molecule has 0 saturated carbocycles. The highest BCUT2D eigenvalue weighted by molar-refractivity contribution is 5.94. The van der Waals surface area contributed by atoms with E-state index in [-0.39, 0.29) is 5.91 Å². The van der Waals surface area contributed by atoms with E-state index < -0.39 is 6.04 Å². The van der Waals surface area contributed by atoms with Crippen molar-refractivity contribution in [3.05, 3.63) is 30.6 Å². The number of anilines is 1. The highest BCUT2D eigenvalue weighted by atomic mass is 16.2. The van der Waals surface area contributed by atoms with E-state index in [1.807, 2.05) is 0 Å². The quantitative estimate of drug-likeness (QED) is 0.772. The molecule has 7 heteroatoms. The van der Waals surface area contributed by atoms with Crippen LogP contribution in [0, 0.1) is 0 Å². The van der Waals surface area contributed by atoms with Crippen molar-refractivity contribution in [2.75, 3.05) is 5.32 Å². The van der Waals surface area contributed by atoms with Gasteiger partial charge in [0.05, 0.1) is 11.7 Å². The van der Waals surface area contributed by atoms with E-state index in [4.69, 9.17) is 5.73 Å². The molecular formula is C10H12N6O. The predicted molar refractivity (Wildman–Crippen MR) is 61.4 cm³/mol. The Bertz CT molecular complexity index is 490. The zero-order valence-electron chi connectivity index (χ0n) is 9.24. The van der Waals surface area contributed by atoms with Crippen molar-refractivity contribution in [2.45, 2.75) is 13.0 Å². The Morgan fingerprint density at radius 1 is 1.41 bits per heavy atom. The van der Waals surface area contributed by atoms with Crippen LogP contribution >= 0.6 is 0 Å². The molecule has 0 aliphatic carbocycles. The lowest BCUT2D eigenvalue weighted by atomic mass is 10.2. The number of carbonyl (C=O) groups excluding carboxylic acids is 1. The van der Waals surface area contributed by atoms with Crippen LogP contribution in [0.4, 0.5) is 5.69 Å². The lowest BCUT2D eigenvalue weighted by Gasteiger charge is -2.08. The van der Waals surface area contributed by atoms with E-state index in [1.165, 1.54) is 11.0 Å². The number of tetrazole rings is 1. The largest absolute Gasteiger partial charge is 0.325 e. The van der Waals surface area contributed by atoms with Gasteiger partial charge in [0.2, 0.25) is 5.91 Å². The van der Waals surface area contributed by atoms with Gasteiger partial charge in [-0.3, -0.25) is 4.79 Å². The molecule has 2 rings (SSSR count). The molecular weight excluding hydrogens is 220 g/mol. The van der Waals surface area contributed by atoms with Crippen LogP contribution in [0.15, 0.2) is 30.6 Å². The van der Waals surface area contributed by atoms with Crippen LogP contribution in [0.1, 0.15) is 6.92 Å². The van der Waals surface area contributed by atoms with Crippen LogP contribution in [-0.2, 0) is 4.79 Å². The summed E-state index contributed by atoms with van der Waals surface area (Å²) in [5.74, 6) is -0.222. The maximum Gasteiger partial charge on any atom is 0.240 e. The Morgan fingerprint density at radius 3 is 2.65 bits per heavy atom. The summed E-state index contributed by atoms with van der Waals surface area (Å²) in [6.45, 7) is 1.63. The number of hydrogen-bond acceptors (Lipinski definition) is 5. The highest BCUT2D eigenvalue weighted by Crippen LogP contribution is 2.11. The van der Waals surface area contributed by atoms with E-state index in [1.54, 1.807) is 31.2 Å². The summed E-state index contributed by atoms with van der Waals surface area (Å²) in [7, 11) is 0.